The van der Waals surface area contributed by atoms with Gasteiger partial charge in [-0.3, -0.25) is 9.10 Å². The van der Waals surface area contributed by atoms with Gasteiger partial charge in [-0.15, -0.1) is 0 Å². The van der Waals surface area contributed by atoms with E-state index in [1.807, 2.05) is 0 Å². The molecule has 1 amide bonds. The van der Waals surface area contributed by atoms with Gasteiger partial charge in [-0.25, -0.2) is 17.2 Å². The van der Waals surface area contributed by atoms with E-state index in [0.29, 0.717) is 5.56 Å². The first-order chi connectivity index (χ1) is 17.4. The summed E-state index contributed by atoms with van der Waals surface area (Å²) >= 11 is 0. The fraction of sp³-hybridized carbons (Fsp3) is 0.296. The second-order valence-electron chi connectivity index (χ2n) is 9.50. The highest BCUT2D eigenvalue weighted by Gasteiger charge is 2.35. The first-order valence-electron chi connectivity index (χ1n) is 11.7. The van der Waals surface area contributed by atoms with Gasteiger partial charge in [0.2, 0.25) is 0 Å². The molecule has 0 spiro atoms. The van der Waals surface area contributed by atoms with Gasteiger partial charge < -0.3 is 15.2 Å². The molecule has 0 fully saturated rings. The Bertz CT molecular complexity index is 1440. The molecule has 3 aromatic carbocycles. The average Bonchev–Trinajstić information content (AvgIpc) is 2.84. The normalized spacial score (nSPS) is 15.6. The molecule has 0 aromatic heterocycles. The van der Waals surface area contributed by atoms with Gasteiger partial charge in [-0.1, -0.05) is 18.2 Å². The lowest BCUT2D eigenvalue weighted by atomic mass is 10.0. The van der Waals surface area contributed by atoms with Crippen molar-refractivity contribution in [2.45, 2.75) is 43.8 Å². The molecule has 0 radical (unpaired) electrons. The molecule has 196 valence electrons. The third kappa shape index (κ3) is 5.75. The van der Waals surface area contributed by atoms with E-state index in [4.69, 9.17) is 4.74 Å². The highest BCUT2D eigenvalue weighted by atomic mass is 32.2. The SMILES string of the molecule is Cc1cccc(S(=O)(=O)N2C[C@H](CCNC(=O)C(C)(C)O)Oc3ccc(-c4cc(F)ccc4F)cc32)c1. The number of hydrogen-bond acceptors (Lipinski definition) is 5. The molecule has 7 nitrogen and oxygen atoms in total. The maximum atomic E-state index is 14.5. The van der Waals surface area contributed by atoms with Gasteiger partial charge >= 0.3 is 0 Å². The van der Waals surface area contributed by atoms with E-state index < -0.39 is 39.3 Å². The number of carbonyl (C=O) groups is 1. The molecular formula is C27H28F2N2O5S. The molecule has 0 aliphatic carbocycles. The molecule has 1 heterocycles. The predicted molar refractivity (Wildman–Crippen MR) is 136 cm³/mol. The largest absolute Gasteiger partial charge is 0.486 e. The fourth-order valence-electron chi connectivity index (χ4n) is 4.04. The van der Waals surface area contributed by atoms with Gasteiger partial charge in [0.25, 0.3) is 15.9 Å². The number of ether oxygens (including phenoxy) is 1. The Morgan fingerprint density at radius 3 is 2.59 bits per heavy atom. The number of fused-ring (bicyclic) bond motifs is 1. The molecule has 1 aliphatic rings. The van der Waals surface area contributed by atoms with Crippen molar-refractivity contribution in [3.05, 3.63) is 77.9 Å². The van der Waals surface area contributed by atoms with E-state index in [0.717, 1.165) is 23.8 Å². The van der Waals surface area contributed by atoms with Crippen LogP contribution < -0.4 is 14.4 Å². The standard InChI is InChI=1S/C27H28F2N2O5S/c1-17-5-4-6-21(13-17)37(34,35)31-16-20(11-12-30-26(32)27(2,3)33)36-25-10-7-18(14-24(25)31)22-15-19(28)8-9-23(22)29/h4-10,13-15,20,33H,11-12,16H2,1-3H3,(H,30,32)/t20-/m0/s1. The van der Waals surface area contributed by atoms with E-state index in [1.54, 1.807) is 25.1 Å². The van der Waals surface area contributed by atoms with E-state index in [2.05, 4.69) is 5.32 Å². The molecule has 0 saturated carbocycles. The third-order valence-corrected chi connectivity index (χ3v) is 7.79. The van der Waals surface area contributed by atoms with Crippen molar-refractivity contribution in [3.8, 4) is 16.9 Å². The Balaban J connectivity index is 1.72. The van der Waals surface area contributed by atoms with Crippen molar-refractivity contribution >= 4 is 21.6 Å². The summed E-state index contributed by atoms with van der Waals surface area (Å²) in [6, 6.07) is 14.1. The molecule has 4 rings (SSSR count). The van der Waals surface area contributed by atoms with Crippen LogP contribution in [0.3, 0.4) is 0 Å². The maximum absolute atomic E-state index is 14.5. The summed E-state index contributed by atoms with van der Waals surface area (Å²) in [5.74, 6) is -1.58. The first kappa shape index (κ1) is 26.6. The number of hydrogen-bond donors (Lipinski definition) is 2. The predicted octanol–water partition coefficient (Wildman–Crippen LogP) is 4.17. The quantitative estimate of drug-likeness (QED) is 0.478. The smallest absolute Gasteiger partial charge is 0.264 e. The second kappa shape index (κ2) is 10.1. The van der Waals surface area contributed by atoms with Crippen molar-refractivity contribution in [3.63, 3.8) is 0 Å². The van der Waals surface area contributed by atoms with E-state index in [-0.39, 0.29) is 41.4 Å². The average molecular weight is 531 g/mol. The van der Waals surface area contributed by atoms with Gasteiger partial charge in [0.15, 0.2) is 0 Å². The molecule has 0 unspecified atom stereocenters. The lowest BCUT2D eigenvalue weighted by Gasteiger charge is -2.36. The number of aryl methyl sites for hydroxylation is 1. The number of rotatable bonds is 7. The van der Waals surface area contributed by atoms with Crippen LogP contribution in [0.5, 0.6) is 5.75 Å². The van der Waals surface area contributed by atoms with E-state index in [1.165, 1.54) is 42.4 Å². The molecule has 1 aliphatic heterocycles. The van der Waals surface area contributed by atoms with Gasteiger partial charge in [0.1, 0.15) is 29.1 Å². The van der Waals surface area contributed by atoms with Gasteiger partial charge in [-0.05, 0) is 74.4 Å². The van der Waals surface area contributed by atoms with Crippen molar-refractivity contribution in [1.29, 1.82) is 0 Å². The van der Waals surface area contributed by atoms with Crippen molar-refractivity contribution in [2.75, 3.05) is 17.4 Å². The van der Waals surface area contributed by atoms with Gasteiger partial charge in [-0.2, -0.15) is 0 Å². The minimum Gasteiger partial charge on any atom is -0.486 e. The van der Waals surface area contributed by atoms with Crippen molar-refractivity contribution in [1.82, 2.24) is 5.32 Å². The Kier molecular flexibility index (Phi) is 7.25. The summed E-state index contributed by atoms with van der Waals surface area (Å²) in [5, 5.41) is 12.4. The lowest BCUT2D eigenvalue weighted by Crippen LogP contribution is -2.46. The second-order valence-corrected chi connectivity index (χ2v) is 11.4. The zero-order chi connectivity index (χ0) is 27.0. The summed E-state index contributed by atoms with van der Waals surface area (Å²) in [6.07, 6.45) is -0.354. The first-order valence-corrected chi connectivity index (χ1v) is 13.2. The van der Waals surface area contributed by atoms with Crippen LogP contribution in [0.2, 0.25) is 0 Å². The summed E-state index contributed by atoms with van der Waals surface area (Å²) in [7, 11) is -4.05. The number of halogens is 2. The van der Waals surface area contributed by atoms with Crippen LogP contribution >= 0.6 is 0 Å². The number of sulfonamides is 1. The van der Waals surface area contributed by atoms with Crippen LogP contribution in [0.4, 0.5) is 14.5 Å². The maximum Gasteiger partial charge on any atom is 0.264 e. The number of amides is 1. The molecule has 10 heteroatoms. The Labute approximate surface area is 214 Å². The monoisotopic (exact) mass is 530 g/mol. The zero-order valence-electron chi connectivity index (χ0n) is 20.7. The number of carbonyl (C=O) groups excluding carboxylic acids is 1. The minimum absolute atomic E-state index is 0.00726. The molecular weight excluding hydrogens is 502 g/mol. The molecule has 0 bridgehead atoms. The molecule has 2 N–H and O–H groups in total. The molecule has 0 saturated heterocycles. The number of benzene rings is 3. The number of nitrogens with zero attached hydrogens (tertiary/aromatic N) is 1. The number of nitrogens with one attached hydrogen (secondary N) is 1. The Morgan fingerprint density at radius 2 is 1.89 bits per heavy atom. The zero-order valence-corrected chi connectivity index (χ0v) is 21.5. The molecule has 37 heavy (non-hydrogen) atoms. The summed E-state index contributed by atoms with van der Waals surface area (Å²) in [5.41, 5.74) is -0.314. The van der Waals surface area contributed by atoms with Crippen LogP contribution in [0, 0.1) is 18.6 Å². The summed E-state index contributed by atoms with van der Waals surface area (Å²) in [4.78, 5) is 12.1. The molecule has 1 atom stereocenters. The third-order valence-electron chi connectivity index (χ3n) is 6.02. The number of anilines is 1. The van der Waals surface area contributed by atoms with Gasteiger partial charge in [0.05, 0.1) is 17.1 Å². The van der Waals surface area contributed by atoms with Crippen molar-refractivity contribution < 1.29 is 31.8 Å². The molecule has 3 aromatic rings. The van der Waals surface area contributed by atoms with Crippen LogP contribution in [-0.4, -0.2) is 44.2 Å². The van der Waals surface area contributed by atoms with Crippen LogP contribution in [0.15, 0.2) is 65.6 Å². The van der Waals surface area contributed by atoms with Gasteiger partial charge in [0, 0.05) is 18.5 Å². The highest BCUT2D eigenvalue weighted by Crippen LogP contribution is 2.41. The fourth-order valence-corrected chi connectivity index (χ4v) is 5.65. The van der Waals surface area contributed by atoms with Crippen LogP contribution in [0.25, 0.3) is 11.1 Å². The van der Waals surface area contributed by atoms with Crippen molar-refractivity contribution in [2.24, 2.45) is 0 Å². The minimum atomic E-state index is -4.05. The summed E-state index contributed by atoms with van der Waals surface area (Å²) < 4.78 is 63.1. The lowest BCUT2D eigenvalue weighted by molar-refractivity contribution is -0.136. The Morgan fingerprint density at radius 1 is 1.14 bits per heavy atom. The van der Waals surface area contributed by atoms with Crippen LogP contribution in [-0.2, 0) is 14.8 Å². The van der Waals surface area contributed by atoms with Crippen LogP contribution in [0.1, 0.15) is 25.8 Å². The highest BCUT2D eigenvalue weighted by molar-refractivity contribution is 7.92. The Hall–Kier alpha value is -3.50. The number of aliphatic hydroxyl groups is 1. The van der Waals surface area contributed by atoms with E-state index >= 15 is 0 Å². The topological polar surface area (TPSA) is 95.9 Å². The van der Waals surface area contributed by atoms with E-state index in [9.17, 15) is 27.1 Å². The summed E-state index contributed by atoms with van der Waals surface area (Å²) in [6.45, 7) is 4.59.